The molecule has 0 spiro atoms. The van der Waals surface area contributed by atoms with Gasteiger partial charge in [0.15, 0.2) is 0 Å². The van der Waals surface area contributed by atoms with Crippen LogP contribution in [0.1, 0.15) is 25.6 Å². The first kappa shape index (κ1) is 13.1. The molecule has 5 heteroatoms. The first-order valence-electron chi connectivity index (χ1n) is 5.84. The van der Waals surface area contributed by atoms with Crippen LogP contribution < -0.4 is 5.32 Å². The number of aryl methyl sites for hydroxylation is 1. The highest BCUT2D eigenvalue weighted by Crippen LogP contribution is 2.03. The lowest BCUT2D eigenvalue weighted by molar-refractivity contribution is 0.183. The predicted octanol–water partition coefficient (Wildman–Crippen LogP) is 0.855. The molecule has 0 saturated carbocycles. The quantitative estimate of drug-likeness (QED) is 0.714. The maximum Gasteiger partial charge on any atom is 0.138 e. The van der Waals surface area contributed by atoms with Crippen LogP contribution in [0.5, 0.6) is 0 Å². The van der Waals surface area contributed by atoms with E-state index >= 15 is 0 Å². The van der Waals surface area contributed by atoms with E-state index in [1.165, 1.54) is 0 Å². The highest BCUT2D eigenvalue weighted by atomic mass is 16.5. The average molecular weight is 226 g/mol. The average Bonchev–Trinajstić information content (AvgIpc) is 2.72. The lowest BCUT2D eigenvalue weighted by Gasteiger charge is -2.15. The molecule has 0 radical (unpaired) electrons. The molecule has 1 heterocycles. The van der Waals surface area contributed by atoms with Crippen molar-refractivity contribution in [3.8, 4) is 0 Å². The lowest BCUT2D eigenvalue weighted by Crippen LogP contribution is -2.30. The van der Waals surface area contributed by atoms with Gasteiger partial charge in [0.25, 0.3) is 0 Å². The number of likely N-dealkylation sites (N-methyl/N-ethyl adjacent to an activating group) is 1. The summed E-state index contributed by atoms with van der Waals surface area (Å²) in [5, 5.41) is 7.50. The summed E-state index contributed by atoms with van der Waals surface area (Å²) >= 11 is 0. The van der Waals surface area contributed by atoms with E-state index in [1.807, 2.05) is 11.7 Å². The molecule has 0 aromatic carbocycles. The molecule has 1 atom stereocenters. The summed E-state index contributed by atoms with van der Waals surface area (Å²) in [5.41, 5.74) is 0. The largest absolute Gasteiger partial charge is 0.385 e. The van der Waals surface area contributed by atoms with Crippen LogP contribution in [-0.2, 0) is 17.7 Å². The molecular formula is C11H22N4O. The lowest BCUT2D eigenvalue weighted by atomic mass is 10.1. The Bertz CT molecular complexity index is 287. The van der Waals surface area contributed by atoms with Crippen molar-refractivity contribution in [2.75, 3.05) is 20.8 Å². The smallest absolute Gasteiger partial charge is 0.138 e. The highest BCUT2D eigenvalue weighted by molar-refractivity contribution is 4.89. The van der Waals surface area contributed by atoms with Crippen LogP contribution in [-0.4, -0.2) is 41.6 Å². The second-order valence-corrected chi connectivity index (χ2v) is 3.87. The second kappa shape index (κ2) is 7.35. The Hall–Kier alpha value is -0.940. The third-order valence-electron chi connectivity index (χ3n) is 2.64. The fourth-order valence-corrected chi connectivity index (χ4v) is 1.67. The van der Waals surface area contributed by atoms with E-state index in [0.717, 1.165) is 38.2 Å². The Kier molecular flexibility index (Phi) is 6.03. The zero-order valence-corrected chi connectivity index (χ0v) is 10.4. The molecule has 16 heavy (non-hydrogen) atoms. The Balaban J connectivity index is 2.51. The van der Waals surface area contributed by atoms with Crippen LogP contribution in [0.2, 0.25) is 0 Å². The molecule has 0 amide bonds. The molecule has 1 aromatic heterocycles. The van der Waals surface area contributed by atoms with Crippen molar-refractivity contribution in [1.29, 1.82) is 0 Å². The minimum Gasteiger partial charge on any atom is -0.385 e. The number of nitrogens with one attached hydrogen (secondary N) is 1. The molecule has 1 aromatic rings. The van der Waals surface area contributed by atoms with Crippen molar-refractivity contribution in [3.05, 3.63) is 12.2 Å². The Morgan fingerprint density at radius 1 is 1.56 bits per heavy atom. The van der Waals surface area contributed by atoms with Gasteiger partial charge >= 0.3 is 0 Å². The number of rotatable bonds is 8. The van der Waals surface area contributed by atoms with E-state index in [1.54, 1.807) is 13.4 Å². The van der Waals surface area contributed by atoms with E-state index in [0.29, 0.717) is 6.04 Å². The molecule has 1 N–H and O–H groups in total. The van der Waals surface area contributed by atoms with Crippen molar-refractivity contribution in [1.82, 2.24) is 20.1 Å². The summed E-state index contributed by atoms with van der Waals surface area (Å²) in [6.45, 7) is 3.86. The molecule has 0 bridgehead atoms. The number of aromatic nitrogens is 3. The van der Waals surface area contributed by atoms with Gasteiger partial charge in [0.1, 0.15) is 12.2 Å². The van der Waals surface area contributed by atoms with Gasteiger partial charge in [0.2, 0.25) is 0 Å². The van der Waals surface area contributed by atoms with Crippen molar-refractivity contribution >= 4 is 0 Å². The molecule has 0 aliphatic carbocycles. The number of hydrogen-bond donors (Lipinski definition) is 1. The summed E-state index contributed by atoms with van der Waals surface area (Å²) in [7, 11) is 3.70. The van der Waals surface area contributed by atoms with Crippen LogP contribution in [0.25, 0.3) is 0 Å². The van der Waals surface area contributed by atoms with Crippen molar-refractivity contribution < 1.29 is 4.74 Å². The molecule has 0 aliphatic heterocycles. The molecule has 1 rings (SSSR count). The maximum absolute atomic E-state index is 5.09. The number of methoxy groups -OCH3 is 1. The standard InChI is InChI=1S/C11H22N4O/c1-4-6-15-11(13-9-14-15)8-10(12-2)5-7-16-3/h9-10,12H,4-8H2,1-3H3. The zero-order chi connectivity index (χ0) is 11.8. The van der Waals surface area contributed by atoms with Gasteiger partial charge in [0.05, 0.1) is 0 Å². The van der Waals surface area contributed by atoms with Crippen LogP contribution in [0.4, 0.5) is 0 Å². The minimum atomic E-state index is 0.403. The van der Waals surface area contributed by atoms with Gasteiger partial charge in [-0.3, -0.25) is 4.68 Å². The number of nitrogens with zero attached hydrogens (tertiary/aromatic N) is 3. The van der Waals surface area contributed by atoms with Crippen LogP contribution in [0.15, 0.2) is 6.33 Å². The van der Waals surface area contributed by atoms with Crippen LogP contribution in [0.3, 0.4) is 0 Å². The van der Waals surface area contributed by atoms with Gasteiger partial charge < -0.3 is 10.1 Å². The molecule has 0 fully saturated rings. The third-order valence-corrected chi connectivity index (χ3v) is 2.64. The Labute approximate surface area is 97.2 Å². The highest BCUT2D eigenvalue weighted by Gasteiger charge is 2.11. The first-order chi connectivity index (χ1) is 7.81. The Morgan fingerprint density at radius 3 is 3.00 bits per heavy atom. The monoisotopic (exact) mass is 226 g/mol. The molecule has 92 valence electrons. The molecule has 5 nitrogen and oxygen atoms in total. The van der Waals surface area contributed by atoms with E-state index in [2.05, 4.69) is 22.3 Å². The van der Waals surface area contributed by atoms with Crippen molar-refractivity contribution in [2.24, 2.45) is 0 Å². The predicted molar refractivity (Wildman–Crippen MR) is 63.4 cm³/mol. The summed E-state index contributed by atoms with van der Waals surface area (Å²) in [6.07, 6.45) is 4.61. The topological polar surface area (TPSA) is 52.0 Å². The summed E-state index contributed by atoms with van der Waals surface area (Å²) in [6, 6.07) is 0.403. The van der Waals surface area contributed by atoms with Crippen molar-refractivity contribution in [3.63, 3.8) is 0 Å². The van der Waals surface area contributed by atoms with Gasteiger partial charge in [-0.25, -0.2) is 4.98 Å². The summed E-state index contributed by atoms with van der Waals surface area (Å²) in [5.74, 6) is 1.05. The zero-order valence-electron chi connectivity index (χ0n) is 10.4. The van der Waals surface area contributed by atoms with Gasteiger partial charge in [-0.05, 0) is 19.9 Å². The van der Waals surface area contributed by atoms with Crippen LogP contribution in [0, 0.1) is 0 Å². The van der Waals surface area contributed by atoms with E-state index in [4.69, 9.17) is 4.74 Å². The first-order valence-corrected chi connectivity index (χ1v) is 5.84. The molecule has 0 saturated heterocycles. The molecule has 0 aliphatic rings. The fourth-order valence-electron chi connectivity index (χ4n) is 1.67. The second-order valence-electron chi connectivity index (χ2n) is 3.87. The maximum atomic E-state index is 5.09. The van der Waals surface area contributed by atoms with Gasteiger partial charge in [0, 0.05) is 32.7 Å². The SMILES string of the molecule is CCCn1ncnc1CC(CCOC)NC. The van der Waals surface area contributed by atoms with Gasteiger partial charge in [-0.1, -0.05) is 6.92 Å². The number of hydrogen-bond acceptors (Lipinski definition) is 4. The summed E-state index contributed by atoms with van der Waals surface area (Å²) in [4.78, 5) is 4.30. The van der Waals surface area contributed by atoms with E-state index < -0.39 is 0 Å². The van der Waals surface area contributed by atoms with Gasteiger partial charge in [-0.2, -0.15) is 5.10 Å². The van der Waals surface area contributed by atoms with Crippen molar-refractivity contribution in [2.45, 2.75) is 38.8 Å². The third kappa shape index (κ3) is 3.90. The molecule has 1 unspecified atom stereocenters. The van der Waals surface area contributed by atoms with Gasteiger partial charge in [-0.15, -0.1) is 0 Å². The van der Waals surface area contributed by atoms with E-state index in [-0.39, 0.29) is 0 Å². The van der Waals surface area contributed by atoms with E-state index in [9.17, 15) is 0 Å². The number of ether oxygens (including phenoxy) is 1. The van der Waals surface area contributed by atoms with Crippen LogP contribution >= 0.6 is 0 Å². The molecular weight excluding hydrogens is 204 g/mol. The fraction of sp³-hybridized carbons (Fsp3) is 0.818. The Morgan fingerprint density at radius 2 is 2.38 bits per heavy atom. The normalized spacial score (nSPS) is 12.9. The summed E-state index contributed by atoms with van der Waals surface area (Å²) < 4.78 is 7.07. The minimum absolute atomic E-state index is 0.403.